The Morgan fingerprint density at radius 2 is 1.50 bits per heavy atom. The van der Waals surface area contributed by atoms with Gasteiger partial charge in [-0.25, -0.2) is 0 Å². The third kappa shape index (κ3) is 6.30. The lowest BCUT2D eigenvalue weighted by atomic mass is 9.69. The molecule has 4 heteroatoms. The van der Waals surface area contributed by atoms with Gasteiger partial charge in [-0.3, -0.25) is 4.98 Å². The van der Waals surface area contributed by atoms with E-state index >= 15 is 0 Å². The third-order valence-electron chi connectivity index (χ3n) is 8.12. The Kier molecular flexibility index (Phi) is 9.81. The Morgan fingerprint density at radius 3 is 2.00 bits per heavy atom. The number of benzene rings is 2. The van der Waals surface area contributed by atoms with Crippen LogP contribution >= 0.6 is 0 Å². The van der Waals surface area contributed by atoms with E-state index in [1.807, 2.05) is 6.20 Å². The van der Waals surface area contributed by atoms with Crippen molar-refractivity contribution in [2.24, 2.45) is 0 Å². The van der Waals surface area contributed by atoms with Crippen LogP contribution in [0.1, 0.15) is 92.8 Å². The number of aryl methyl sites for hydroxylation is 3. The normalized spacial score (nSPS) is 14.1. The summed E-state index contributed by atoms with van der Waals surface area (Å²) in [6.07, 6.45) is 8.98. The number of aromatic nitrogens is 1. The molecule has 4 rings (SSSR count). The van der Waals surface area contributed by atoms with Crippen molar-refractivity contribution in [3.8, 4) is 23.0 Å². The highest BCUT2D eigenvalue weighted by Crippen LogP contribution is 2.41. The number of nitrogens with zero attached hydrogens (tertiary/aromatic N) is 1. The molecule has 0 spiro atoms. The van der Waals surface area contributed by atoms with Crippen LogP contribution in [0.3, 0.4) is 0 Å². The van der Waals surface area contributed by atoms with Crippen LogP contribution < -0.4 is 0 Å². The van der Waals surface area contributed by atoms with Gasteiger partial charge in [-0.05, 0) is 98.7 Å². The van der Waals surface area contributed by atoms with E-state index in [-0.39, 0.29) is 11.6 Å². The van der Waals surface area contributed by atoms with Gasteiger partial charge in [0.2, 0.25) is 0 Å². The van der Waals surface area contributed by atoms with Crippen LogP contribution in [0.5, 0.6) is 0 Å². The standard InChI is InChI=1S/C33H39NO.CO2/c1-6-30-15-12-27(23-34-30)31-16-14-29(22-25(31)5)33(7-2,8-3)28-13-11-26(24(4)21-28)17-20-32(35)18-9-10-19-32;2-1-3/h11-16,21-23,35H,6-10,18-19H2,1-5H3;. The van der Waals surface area contributed by atoms with E-state index < -0.39 is 5.60 Å². The van der Waals surface area contributed by atoms with Crippen molar-refractivity contribution >= 4 is 6.15 Å². The van der Waals surface area contributed by atoms with Crippen LogP contribution in [0.25, 0.3) is 11.1 Å². The molecule has 1 aromatic heterocycles. The van der Waals surface area contributed by atoms with Gasteiger partial charge in [0, 0.05) is 28.4 Å². The summed E-state index contributed by atoms with van der Waals surface area (Å²) < 4.78 is 0. The number of rotatable bonds is 6. The van der Waals surface area contributed by atoms with Gasteiger partial charge in [0.05, 0.1) is 0 Å². The number of carbonyl (C=O) groups excluding carboxylic acids is 2. The van der Waals surface area contributed by atoms with Crippen molar-refractivity contribution in [2.75, 3.05) is 0 Å². The molecule has 1 aliphatic carbocycles. The minimum Gasteiger partial charge on any atom is -0.378 e. The quantitative estimate of drug-likeness (QED) is 0.360. The number of hydrogen-bond acceptors (Lipinski definition) is 4. The summed E-state index contributed by atoms with van der Waals surface area (Å²) in [4.78, 5) is 20.9. The fourth-order valence-electron chi connectivity index (χ4n) is 5.68. The van der Waals surface area contributed by atoms with Gasteiger partial charge in [0.1, 0.15) is 5.60 Å². The van der Waals surface area contributed by atoms with Gasteiger partial charge >= 0.3 is 6.15 Å². The lowest BCUT2D eigenvalue weighted by Crippen LogP contribution is -2.26. The second-order valence-electron chi connectivity index (χ2n) is 10.3. The molecular weight excluding hydrogens is 470 g/mol. The van der Waals surface area contributed by atoms with Gasteiger partial charge in [-0.1, -0.05) is 69.0 Å². The topological polar surface area (TPSA) is 67.3 Å². The Bertz CT molecular complexity index is 1330. The molecule has 0 aliphatic heterocycles. The summed E-state index contributed by atoms with van der Waals surface area (Å²) in [7, 11) is 0. The fraction of sp³-hybridized carbons (Fsp3) is 0.412. The molecule has 0 bridgehead atoms. The zero-order chi connectivity index (χ0) is 27.8. The summed E-state index contributed by atoms with van der Waals surface area (Å²) >= 11 is 0. The average molecular weight is 510 g/mol. The lowest BCUT2D eigenvalue weighted by molar-refractivity contribution is -0.191. The Hall–Kier alpha value is -3.51. The van der Waals surface area contributed by atoms with E-state index in [4.69, 9.17) is 9.59 Å². The maximum absolute atomic E-state index is 10.6. The molecule has 1 aliphatic rings. The van der Waals surface area contributed by atoms with Crippen LogP contribution in [-0.4, -0.2) is 21.8 Å². The summed E-state index contributed by atoms with van der Waals surface area (Å²) in [5.41, 5.74) is 8.88. The molecule has 4 nitrogen and oxygen atoms in total. The zero-order valence-electron chi connectivity index (χ0n) is 23.4. The van der Waals surface area contributed by atoms with Crippen molar-refractivity contribution in [2.45, 2.75) is 90.6 Å². The predicted octanol–water partition coefficient (Wildman–Crippen LogP) is 7.11. The van der Waals surface area contributed by atoms with E-state index in [0.29, 0.717) is 0 Å². The van der Waals surface area contributed by atoms with Crippen LogP contribution in [0.2, 0.25) is 0 Å². The minimum absolute atomic E-state index is 0.0476. The maximum Gasteiger partial charge on any atom is 0.373 e. The average Bonchev–Trinajstić information content (AvgIpc) is 3.36. The fourth-order valence-corrected chi connectivity index (χ4v) is 5.68. The molecule has 38 heavy (non-hydrogen) atoms. The Labute approximate surface area is 227 Å². The number of aliphatic hydroxyl groups is 1. The number of hydrogen-bond donors (Lipinski definition) is 1. The van der Waals surface area contributed by atoms with Crippen LogP contribution in [0.15, 0.2) is 54.7 Å². The van der Waals surface area contributed by atoms with E-state index in [1.165, 1.54) is 33.4 Å². The summed E-state index contributed by atoms with van der Waals surface area (Å²) in [5, 5.41) is 10.6. The summed E-state index contributed by atoms with van der Waals surface area (Å²) in [5.74, 6) is 6.46. The number of pyridine rings is 1. The summed E-state index contributed by atoms with van der Waals surface area (Å²) in [6, 6.07) is 18.0. The molecule has 0 radical (unpaired) electrons. The van der Waals surface area contributed by atoms with E-state index in [1.54, 1.807) is 0 Å². The van der Waals surface area contributed by atoms with Gasteiger partial charge in [0.15, 0.2) is 0 Å². The van der Waals surface area contributed by atoms with Crippen LogP contribution in [0.4, 0.5) is 0 Å². The lowest BCUT2D eigenvalue weighted by Gasteiger charge is -2.34. The van der Waals surface area contributed by atoms with Gasteiger partial charge < -0.3 is 5.11 Å². The molecule has 1 saturated carbocycles. The second-order valence-corrected chi connectivity index (χ2v) is 10.3. The Morgan fingerprint density at radius 1 is 0.895 bits per heavy atom. The summed E-state index contributed by atoms with van der Waals surface area (Å²) in [6.45, 7) is 11.1. The van der Waals surface area contributed by atoms with Gasteiger partial charge in [-0.2, -0.15) is 9.59 Å². The van der Waals surface area contributed by atoms with E-state index in [0.717, 1.165) is 56.2 Å². The van der Waals surface area contributed by atoms with Gasteiger partial charge in [0.25, 0.3) is 0 Å². The molecule has 0 unspecified atom stereocenters. The van der Waals surface area contributed by atoms with Gasteiger partial charge in [-0.15, -0.1) is 0 Å². The molecule has 2 aromatic carbocycles. The van der Waals surface area contributed by atoms with E-state index in [2.05, 4.69) is 100.0 Å². The highest BCUT2D eigenvalue weighted by atomic mass is 16.3. The highest BCUT2D eigenvalue weighted by Gasteiger charge is 2.32. The third-order valence-corrected chi connectivity index (χ3v) is 8.12. The first-order chi connectivity index (χ1) is 18.3. The molecule has 1 N–H and O–H groups in total. The monoisotopic (exact) mass is 509 g/mol. The smallest absolute Gasteiger partial charge is 0.373 e. The highest BCUT2D eigenvalue weighted by molar-refractivity contribution is 5.67. The SMILES string of the molecule is CCc1ccc(-c2ccc(C(CC)(CC)c3ccc(C#CC4(O)CCCC4)c(C)c3)cc2C)cn1.O=C=O. The largest absolute Gasteiger partial charge is 0.378 e. The molecule has 3 aromatic rings. The second kappa shape index (κ2) is 12.8. The van der Waals surface area contributed by atoms with Crippen molar-refractivity contribution in [3.63, 3.8) is 0 Å². The van der Waals surface area contributed by atoms with Crippen molar-refractivity contribution in [1.82, 2.24) is 4.98 Å². The molecular formula is C34H39NO3. The van der Waals surface area contributed by atoms with Crippen molar-refractivity contribution < 1.29 is 14.7 Å². The first-order valence-corrected chi connectivity index (χ1v) is 13.7. The maximum atomic E-state index is 10.6. The molecule has 1 fully saturated rings. The molecule has 0 atom stereocenters. The van der Waals surface area contributed by atoms with Crippen LogP contribution in [-0.2, 0) is 21.4 Å². The minimum atomic E-state index is -0.798. The Balaban J connectivity index is 0.00000127. The first-order valence-electron chi connectivity index (χ1n) is 13.7. The predicted molar refractivity (Wildman–Crippen MR) is 152 cm³/mol. The van der Waals surface area contributed by atoms with E-state index in [9.17, 15) is 5.11 Å². The first kappa shape index (κ1) is 29.1. The zero-order valence-corrected chi connectivity index (χ0v) is 23.4. The van der Waals surface area contributed by atoms with Crippen molar-refractivity contribution in [3.05, 3.63) is 88.2 Å². The van der Waals surface area contributed by atoms with Crippen LogP contribution in [0, 0.1) is 25.7 Å². The van der Waals surface area contributed by atoms with Crippen molar-refractivity contribution in [1.29, 1.82) is 0 Å². The molecule has 0 saturated heterocycles. The molecule has 0 amide bonds. The molecule has 198 valence electrons. The molecule has 1 heterocycles.